The molecule has 0 unspecified atom stereocenters. The van der Waals surface area contributed by atoms with E-state index < -0.39 is 5.97 Å². The summed E-state index contributed by atoms with van der Waals surface area (Å²) < 4.78 is 1.65. The number of aromatic nitrogens is 2. The third-order valence-electron chi connectivity index (χ3n) is 2.30. The molecule has 0 saturated heterocycles. The highest BCUT2D eigenvalue weighted by Crippen LogP contribution is 2.12. The summed E-state index contributed by atoms with van der Waals surface area (Å²) in [6.45, 7) is 1.99. The fourth-order valence-corrected chi connectivity index (χ4v) is 1.61. The molecule has 2 rings (SSSR count). The summed E-state index contributed by atoms with van der Waals surface area (Å²) in [7, 11) is 0. The lowest BCUT2D eigenvalue weighted by Crippen LogP contribution is -2.07. The van der Waals surface area contributed by atoms with Crippen LogP contribution in [0.3, 0.4) is 0 Å². The number of benzene rings is 1. The van der Waals surface area contributed by atoms with E-state index in [1.165, 1.54) is 0 Å². The van der Waals surface area contributed by atoms with Crippen molar-refractivity contribution in [3.63, 3.8) is 0 Å². The summed E-state index contributed by atoms with van der Waals surface area (Å²) >= 11 is 0. The van der Waals surface area contributed by atoms with Crippen molar-refractivity contribution in [2.24, 2.45) is 0 Å². The summed E-state index contributed by atoms with van der Waals surface area (Å²) in [6.07, 6.45) is 1.59. The minimum absolute atomic E-state index is 0.0199. The van der Waals surface area contributed by atoms with Gasteiger partial charge in [0.15, 0.2) is 0 Å². The van der Waals surface area contributed by atoms with Crippen LogP contribution < -0.4 is 0 Å². The molecule has 0 spiro atoms. The van der Waals surface area contributed by atoms with Crippen LogP contribution >= 0.6 is 0 Å². The van der Waals surface area contributed by atoms with E-state index in [4.69, 9.17) is 5.11 Å². The molecular formula is C12H12N2O2. The molecule has 0 bridgehead atoms. The van der Waals surface area contributed by atoms with Crippen LogP contribution in [0.15, 0.2) is 36.5 Å². The van der Waals surface area contributed by atoms with Crippen molar-refractivity contribution in [3.05, 3.63) is 47.8 Å². The molecule has 1 aromatic carbocycles. The normalized spacial score (nSPS) is 10.3. The van der Waals surface area contributed by atoms with E-state index in [2.05, 4.69) is 5.10 Å². The smallest absolute Gasteiger partial charge is 0.309 e. The number of aryl methyl sites for hydroxylation is 1. The molecule has 0 atom stereocenters. The Morgan fingerprint density at radius 3 is 2.94 bits per heavy atom. The minimum atomic E-state index is -0.852. The summed E-state index contributed by atoms with van der Waals surface area (Å²) in [5, 5.41) is 12.9. The van der Waals surface area contributed by atoms with Crippen LogP contribution in [0.2, 0.25) is 0 Å². The molecule has 82 valence electrons. The van der Waals surface area contributed by atoms with Crippen LogP contribution in [0, 0.1) is 6.92 Å². The molecular weight excluding hydrogens is 204 g/mol. The lowest BCUT2D eigenvalue weighted by molar-refractivity contribution is -0.136. The second-order valence-corrected chi connectivity index (χ2v) is 3.64. The molecule has 0 radical (unpaired) electrons. The van der Waals surface area contributed by atoms with E-state index >= 15 is 0 Å². The summed E-state index contributed by atoms with van der Waals surface area (Å²) in [5.41, 5.74) is 2.69. The molecule has 1 aromatic heterocycles. The Kier molecular flexibility index (Phi) is 2.72. The van der Waals surface area contributed by atoms with Gasteiger partial charge in [0.1, 0.15) is 0 Å². The van der Waals surface area contributed by atoms with E-state index in [0.29, 0.717) is 5.69 Å². The Hall–Kier alpha value is -2.10. The molecule has 0 aliphatic heterocycles. The second-order valence-electron chi connectivity index (χ2n) is 3.64. The van der Waals surface area contributed by atoms with Gasteiger partial charge in [0.05, 0.1) is 17.8 Å². The topological polar surface area (TPSA) is 55.1 Å². The third kappa shape index (κ3) is 2.11. The highest BCUT2D eigenvalue weighted by atomic mass is 16.4. The minimum Gasteiger partial charge on any atom is -0.481 e. The van der Waals surface area contributed by atoms with Crippen LogP contribution in [0.5, 0.6) is 0 Å². The van der Waals surface area contributed by atoms with Gasteiger partial charge in [-0.3, -0.25) is 4.79 Å². The summed E-state index contributed by atoms with van der Waals surface area (Å²) in [4.78, 5) is 10.7. The van der Waals surface area contributed by atoms with Gasteiger partial charge < -0.3 is 5.11 Å². The van der Waals surface area contributed by atoms with Gasteiger partial charge in [0, 0.05) is 6.20 Å². The first-order valence-corrected chi connectivity index (χ1v) is 4.98. The zero-order chi connectivity index (χ0) is 11.5. The van der Waals surface area contributed by atoms with Crippen molar-refractivity contribution in [2.75, 3.05) is 0 Å². The van der Waals surface area contributed by atoms with Crippen molar-refractivity contribution < 1.29 is 9.90 Å². The van der Waals surface area contributed by atoms with Crippen molar-refractivity contribution >= 4 is 5.97 Å². The van der Waals surface area contributed by atoms with Crippen molar-refractivity contribution in [3.8, 4) is 5.69 Å². The van der Waals surface area contributed by atoms with Crippen LogP contribution in [-0.4, -0.2) is 20.9 Å². The fraction of sp³-hybridized carbons (Fsp3) is 0.167. The lowest BCUT2D eigenvalue weighted by atomic mass is 10.2. The average Bonchev–Trinajstić information content (AvgIpc) is 2.65. The average molecular weight is 216 g/mol. The van der Waals surface area contributed by atoms with E-state index in [1.807, 2.05) is 31.2 Å². The molecule has 16 heavy (non-hydrogen) atoms. The second kappa shape index (κ2) is 4.18. The predicted molar refractivity (Wildman–Crippen MR) is 59.6 cm³/mol. The van der Waals surface area contributed by atoms with E-state index in [1.54, 1.807) is 16.9 Å². The van der Waals surface area contributed by atoms with Gasteiger partial charge >= 0.3 is 5.97 Å². The lowest BCUT2D eigenvalue weighted by Gasteiger charge is -2.06. The molecule has 2 aromatic rings. The quantitative estimate of drug-likeness (QED) is 0.851. The van der Waals surface area contributed by atoms with E-state index in [9.17, 15) is 4.79 Å². The number of carboxylic acids is 1. The van der Waals surface area contributed by atoms with Crippen molar-refractivity contribution in [2.45, 2.75) is 13.3 Å². The van der Waals surface area contributed by atoms with Crippen LogP contribution in [0.25, 0.3) is 5.69 Å². The molecule has 1 heterocycles. The van der Waals surface area contributed by atoms with E-state index in [-0.39, 0.29) is 6.42 Å². The number of carboxylic acid groups (broad SMARTS) is 1. The Bertz CT molecular complexity index is 517. The van der Waals surface area contributed by atoms with Gasteiger partial charge in [-0.05, 0) is 30.7 Å². The van der Waals surface area contributed by atoms with Crippen LogP contribution in [-0.2, 0) is 11.2 Å². The molecule has 0 aliphatic rings. The number of rotatable bonds is 3. The zero-order valence-electron chi connectivity index (χ0n) is 8.92. The Morgan fingerprint density at radius 1 is 1.44 bits per heavy atom. The SMILES string of the molecule is Cc1cccc(-n2nccc2CC(=O)O)c1. The largest absolute Gasteiger partial charge is 0.481 e. The maximum absolute atomic E-state index is 10.7. The summed E-state index contributed by atoms with van der Waals surface area (Å²) in [6, 6.07) is 9.51. The maximum atomic E-state index is 10.7. The van der Waals surface area contributed by atoms with Gasteiger partial charge in [-0.2, -0.15) is 5.10 Å². The van der Waals surface area contributed by atoms with Crippen molar-refractivity contribution in [1.82, 2.24) is 9.78 Å². The fourth-order valence-electron chi connectivity index (χ4n) is 1.61. The van der Waals surface area contributed by atoms with E-state index in [0.717, 1.165) is 11.3 Å². The molecule has 4 heteroatoms. The van der Waals surface area contributed by atoms with Gasteiger partial charge in [0.2, 0.25) is 0 Å². The van der Waals surface area contributed by atoms with Gasteiger partial charge in [0.25, 0.3) is 0 Å². The van der Waals surface area contributed by atoms with Crippen LogP contribution in [0.4, 0.5) is 0 Å². The van der Waals surface area contributed by atoms with Gasteiger partial charge in [-0.25, -0.2) is 4.68 Å². The molecule has 1 N–H and O–H groups in total. The number of aliphatic carboxylic acids is 1. The summed E-state index contributed by atoms with van der Waals surface area (Å²) in [5.74, 6) is -0.852. The van der Waals surface area contributed by atoms with Gasteiger partial charge in [-0.1, -0.05) is 12.1 Å². The molecule has 0 amide bonds. The number of hydrogen-bond acceptors (Lipinski definition) is 2. The predicted octanol–water partition coefficient (Wildman–Crippen LogP) is 1.81. The van der Waals surface area contributed by atoms with Crippen molar-refractivity contribution in [1.29, 1.82) is 0 Å². The van der Waals surface area contributed by atoms with Gasteiger partial charge in [-0.15, -0.1) is 0 Å². The standard InChI is InChI=1S/C12H12N2O2/c1-9-3-2-4-10(7-9)14-11(5-6-13-14)8-12(15)16/h2-7H,8H2,1H3,(H,15,16). The highest BCUT2D eigenvalue weighted by Gasteiger charge is 2.08. The Balaban J connectivity index is 2.40. The monoisotopic (exact) mass is 216 g/mol. The molecule has 4 nitrogen and oxygen atoms in total. The molecule has 0 aliphatic carbocycles. The first-order valence-electron chi connectivity index (χ1n) is 4.98. The van der Waals surface area contributed by atoms with Crippen LogP contribution in [0.1, 0.15) is 11.3 Å². The number of hydrogen-bond donors (Lipinski definition) is 1. The zero-order valence-corrected chi connectivity index (χ0v) is 8.92. The number of nitrogens with zero attached hydrogens (tertiary/aromatic N) is 2. The molecule has 0 saturated carbocycles. The first-order chi connectivity index (χ1) is 7.66. The number of carbonyl (C=O) groups is 1. The first kappa shape index (κ1) is 10.4. The Morgan fingerprint density at radius 2 is 2.25 bits per heavy atom. The highest BCUT2D eigenvalue weighted by molar-refractivity contribution is 5.69. The third-order valence-corrected chi connectivity index (χ3v) is 2.30. The maximum Gasteiger partial charge on any atom is 0.309 e. The Labute approximate surface area is 93.1 Å². The molecule has 0 fully saturated rings.